The highest BCUT2D eigenvalue weighted by Crippen LogP contribution is 2.34. The second kappa shape index (κ2) is 10.6. The number of rotatable bonds is 6. The van der Waals surface area contributed by atoms with Gasteiger partial charge in [0.15, 0.2) is 0 Å². The summed E-state index contributed by atoms with van der Waals surface area (Å²) >= 11 is 6.23. The molecule has 1 amide bonds. The molecule has 1 aliphatic heterocycles. The molecule has 8 heteroatoms. The van der Waals surface area contributed by atoms with Gasteiger partial charge in [0.1, 0.15) is 17.3 Å². The Labute approximate surface area is 221 Å². The fourth-order valence-corrected chi connectivity index (χ4v) is 4.93. The number of pyridine rings is 1. The van der Waals surface area contributed by atoms with E-state index in [-0.39, 0.29) is 5.91 Å². The molecule has 0 saturated carbocycles. The van der Waals surface area contributed by atoms with Gasteiger partial charge in [0.25, 0.3) is 5.91 Å². The maximum Gasteiger partial charge on any atom is 0.257 e. The van der Waals surface area contributed by atoms with Crippen LogP contribution in [0.15, 0.2) is 66.9 Å². The predicted molar refractivity (Wildman–Crippen MR) is 150 cm³/mol. The third kappa shape index (κ3) is 4.87. The van der Waals surface area contributed by atoms with E-state index in [4.69, 9.17) is 26.1 Å². The molecule has 3 aromatic carbocycles. The Hall–Kier alpha value is -3.97. The van der Waals surface area contributed by atoms with Crippen LogP contribution in [0.1, 0.15) is 15.9 Å². The van der Waals surface area contributed by atoms with Gasteiger partial charge in [-0.2, -0.15) is 0 Å². The summed E-state index contributed by atoms with van der Waals surface area (Å²) in [5.74, 6) is 2.01. The predicted octanol–water partition coefficient (Wildman–Crippen LogP) is 5.79. The Morgan fingerprint density at radius 2 is 1.54 bits per heavy atom. The molecule has 1 aromatic heterocycles. The number of hydrogen-bond acceptors (Lipinski definition) is 6. The van der Waals surface area contributed by atoms with E-state index in [2.05, 4.69) is 21.2 Å². The third-order valence-electron chi connectivity index (χ3n) is 6.75. The Morgan fingerprint density at radius 1 is 0.892 bits per heavy atom. The van der Waals surface area contributed by atoms with Gasteiger partial charge >= 0.3 is 0 Å². The molecule has 0 radical (unpaired) electrons. The summed E-state index contributed by atoms with van der Waals surface area (Å²) in [7, 11) is 3.25. The summed E-state index contributed by atoms with van der Waals surface area (Å²) in [4.78, 5) is 22.8. The highest BCUT2D eigenvalue weighted by Gasteiger charge is 2.23. The van der Waals surface area contributed by atoms with E-state index in [9.17, 15) is 4.79 Å². The summed E-state index contributed by atoms with van der Waals surface area (Å²) in [6.07, 6.45) is 1.66. The van der Waals surface area contributed by atoms with Crippen LogP contribution in [0.2, 0.25) is 5.02 Å². The molecule has 1 saturated heterocycles. The molecule has 0 unspecified atom stereocenters. The Morgan fingerprint density at radius 3 is 2.27 bits per heavy atom. The summed E-state index contributed by atoms with van der Waals surface area (Å²) in [5.41, 5.74) is 3.02. The number of benzene rings is 3. The van der Waals surface area contributed by atoms with E-state index in [1.807, 2.05) is 55.5 Å². The normalized spacial score (nSPS) is 13.5. The van der Waals surface area contributed by atoms with Gasteiger partial charge in [-0.3, -0.25) is 4.79 Å². The number of fused-ring (bicyclic) bond motifs is 1. The number of anilines is 3. The molecule has 190 valence electrons. The van der Waals surface area contributed by atoms with E-state index in [0.717, 1.165) is 59.8 Å². The van der Waals surface area contributed by atoms with Crippen LogP contribution in [0.3, 0.4) is 0 Å². The zero-order chi connectivity index (χ0) is 25.9. The van der Waals surface area contributed by atoms with Crippen LogP contribution in [0.4, 0.5) is 17.2 Å². The minimum atomic E-state index is -0.253. The van der Waals surface area contributed by atoms with E-state index in [1.165, 1.54) is 0 Å². The summed E-state index contributed by atoms with van der Waals surface area (Å²) < 4.78 is 11.0. The van der Waals surface area contributed by atoms with Gasteiger partial charge in [-0.05, 0) is 36.1 Å². The van der Waals surface area contributed by atoms with Crippen LogP contribution in [0.5, 0.6) is 11.5 Å². The van der Waals surface area contributed by atoms with Crippen LogP contribution in [-0.2, 0) is 0 Å². The minimum Gasteiger partial charge on any atom is -0.495 e. The SMILES string of the molecule is COc1cc(Cl)c(C)cc1NC(=O)c1cnc(N2CCN(c3ccccc3OC)CC2)c2ccccc12. The number of nitrogens with one attached hydrogen (secondary N) is 1. The first-order valence-electron chi connectivity index (χ1n) is 12.2. The topological polar surface area (TPSA) is 66.9 Å². The van der Waals surface area contributed by atoms with E-state index < -0.39 is 0 Å². The Bertz CT molecular complexity index is 1450. The molecule has 0 aliphatic carbocycles. The third-order valence-corrected chi connectivity index (χ3v) is 7.16. The number of amides is 1. The number of methoxy groups -OCH3 is 2. The second-order valence-corrected chi connectivity index (χ2v) is 9.35. The van der Waals surface area contributed by atoms with Crippen molar-refractivity contribution < 1.29 is 14.3 Å². The second-order valence-electron chi connectivity index (χ2n) is 8.94. The van der Waals surface area contributed by atoms with Crippen LogP contribution < -0.4 is 24.6 Å². The van der Waals surface area contributed by atoms with Gasteiger partial charge in [-0.1, -0.05) is 48.0 Å². The molecule has 0 atom stereocenters. The molecule has 0 spiro atoms. The molecule has 1 N–H and O–H groups in total. The average molecular weight is 517 g/mol. The smallest absolute Gasteiger partial charge is 0.257 e. The van der Waals surface area contributed by atoms with Gasteiger partial charge in [-0.25, -0.2) is 4.98 Å². The molecular formula is C29H29ClN4O3. The molecule has 5 rings (SSSR count). The van der Waals surface area contributed by atoms with Gasteiger partial charge in [0.05, 0.1) is 31.2 Å². The first kappa shape index (κ1) is 24.7. The number of para-hydroxylation sites is 2. The molecule has 4 aromatic rings. The maximum atomic E-state index is 13.4. The fourth-order valence-electron chi connectivity index (χ4n) is 4.78. The van der Waals surface area contributed by atoms with Crippen molar-refractivity contribution in [2.24, 2.45) is 0 Å². The first-order valence-corrected chi connectivity index (χ1v) is 12.5. The van der Waals surface area contributed by atoms with E-state index >= 15 is 0 Å². The molecule has 7 nitrogen and oxygen atoms in total. The molecule has 1 aliphatic rings. The number of aromatic nitrogens is 1. The highest BCUT2D eigenvalue weighted by molar-refractivity contribution is 6.31. The highest BCUT2D eigenvalue weighted by atomic mass is 35.5. The zero-order valence-electron chi connectivity index (χ0n) is 21.1. The zero-order valence-corrected chi connectivity index (χ0v) is 21.9. The van der Waals surface area contributed by atoms with Crippen LogP contribution in [0.25, 0.3) is 10.8 Å². The molecule has 0 bridgehead atoms. The lowest BCUT2D eigenvalue weighted by Gasteiger charge is -2.37. The number of halogens is 1. The van der Waals surface area contributed by atoms with Crippen molar-refractivity contribution in [1.82, 2.24) is 4.98 Å². The lowest BCUT2D eigenvalue weighted by Crippen LogP contribution is -2.47. The van der Waals surface area contributed by atoms with Gasteiger partial charge in [0.2, 0.25) is 0 Å². The fraction of sp³-hybridized carbons (Fsp3) is 0.241. The summed E-state index contributed by atoms with van der Waals surface area (Å²) in [6, 6.07) is 19.5. The number of piperazine rings is 1. The van der Waals surface area contributed by atoms with Crippen molar-refractivity contribution >= 4 is 45.5 Å². The Kier molecular flexibility index (Phi) is 7.06. The van der Waals surface area contributed by atoms with E-state index in [1.54, 1.807) is 26.5 Å². The molecule has 1 fully saturated rings. The van der Waals surface area contributed by atoms with Crippen molar-refractivity contribution in [2.45, 2.75) is 6.92 Å². The quantitative estimate of drug-likeness (QED) is 0.350. The first-order chi connectivity index (χ1) is 18.0. The van der Waals surface area contributed by atoms with Gasteiger partial charge < -0.3 is 24.6 Å². The molecule has 2 heterocycles. The van der Waals surface area contributed by atoms with Crippen molar-refractivity contribution in [1.29, 1.82) is 0 Å². The summed E-state index contributed by atoms with van der Waals surface area (Å²) in [6.45, 7) is 5.18. The number of nitrogens with zero attached hydrogens (tertiary/aromatic N) is 3. The summed E-state index contributed by atoms with van der Waals surface area (Å²) in [5, 5.41) is 5.35. The van der Waals surface area contributed by atoms with Gasteiger partial charge in [-0.15, -0.1) is 0 Å². The molecule has 37 heavy (non-hydrogen) atoms. The van der Waals surface area contributed by atoms with Crippen LogP contribution >= 0.6 is 11.6 Å². The van der Waals surface area contributed by atoms with Crippen molar-refractivity contribution in [3.05, 3.63) is 83.0 Å². The largest absolute Gasteiger partial charge is 0.495 e. The minimum absolute atomic E-state index is 0.253. The molecular weight excluding hydrogens is 488 g/mol. The Balaban J connectivity index is 1.40. The van der Waals surface area contributed by atoms with Crippen molar-refractivity contribution in [3.63, 3.8) is 0 Å². The number of hydrogen-bond donors (Lipinski definition) is 1. The lowest BCUT2D eigenvalue weighted by atomic mass is 10.1. The lowest BCUT2D eigenvalue weighted by molar-refractivity contribution is 0.102. The van der Waals surface area contributed by atoms with Crippen molar-refractivity contribution in [3.8, 4) is 11.5 Å². The number of carbonyl (C=O) groups is 1. The van der Waals surface area contributed by atoms with Gasteiger partial charge in [0, 0.05) is 48.9 Å². The number of ether oxygens (including phenoxy) is 2. The maximum absolute atomic E-state index is 13.4. The average Bonchev–Trinajstić information content (AvgIpc) is 2.94. The van der Waals surface area contributed by atoms with Crippen molar-refractivity contribution in [2.75, 3.05) is 55.5 Å². The van der Waals surface area contributed by atoms with E-state index in [0.29, 0.717) is 22.0 Å². The monoisotopic (exact) mass is 516 g/mol. The van der Waals surface area contributed by atoms with Crippen LogP contribution in [-0.4, -0.2) is 51.3 Å². The van der Waals surface area contributed by atoms with Crippen LogP contribution in [0, 0.1) is 6.92 Å². The number of carbonyl (C=O) groups excluding carboxylic acids is 1. The number of aryl methyl sites for hydroxylation is 1. The standard InChI is InChI=1S/C29H29ClN4O3/c1-19-16-24(27(37-3)17-23(19)30)32-29(35)22-18-31-28(21-9-5-4-8-20(21)22)34-14-12-33(13-15-34)25-10-6-7-11-26(25)36-2/h4-11,16-18H,12-15H2,1-3H3,(H,32,35).